The molecular weight excluding hydrogens is 426 g/mol. The van der Waals surface area contributed by atoms with Crippen LogP contribution in [0, 0.1) is 5.92 Å². The first kappa shape index (κ1) is 23.4. The fourth-order valence-electron chi connectivity index (χ4n) is 5.65. The van der Waals surface area contributed by atoms with Crippen LogP contribution in [0.1, 0.15) is 73.4 Å². The molecule has 1 fully saturated rings. The highest BCUT2D eigenvalue weighted by molar-refractivity contribution is 6.13. The molecule has 0 unspecified atom stereocenters. The van der Waals surface area contributed by atoms with E-state index in [4.69, 9.17) is 0 Å². The number of amides is 1. The molecule has 1 saturated carbocycles. The van der Waals surface area contributed by atoms with Crippen molar-refractivity contribution in [1.29, 1.82) is 0 Å². The third-order valence-electron chi connectivity index (χ3n) is 7.91. The van der Waals surface area contributed by atoms with Crippen LogP contribution in [0.15, 0.2) is 84.9 Å². The molecule has 1 amide bonds. The number of rotatable bonds is 6. The van der Waals surface area contributed by atoms with Crippen molar-refractivity contribution in [2.24, 2.45) is 5.92 Å². The molecule has 0 aromatic heterocycles. The summed E-state index contributed by atoms with van der Waals surface area (Å²) in [4.78, 5) is 13.2. The Kier molecular flexibility index (Phi) is 6.99. The minimum Gasteiger partial charge on any atom is -0.322 e. The minimum absolute atomic E-state index is 0.0635. The van der Waals surface area contributed by atoms with E-state index in [0.717, 1.165) is 34.4 Å². The van der Waals surface area contributed by atoms with Crippen LogP contribution in [0.4, 0.5) is 5.69 Å². The van der Waals surface area contributed by atoms with Gasteiger partial charge in [-0.15, -0.1) is 0 Å². The predicted octanol–water partition coefficient (Wildman–Crippen LogP) is 9.01. The molecule has 4 aromatic carbocycles. The lowest BCUT2D eigenvalue weighted by atomic mass is 9.77. The fourth-order valence-corrected chi connectivity index (χ4v) is 5.65. The van der Waals surface area contributed by atoms with Crippen LogP contribution >= 0.6 is 0 Å². The first-order valence-electron chi connectivity index (χ1n) is 13.2. The van der Waals surface area contributed by atoms with E-state index in [1.54, 1.807) is 0 Å². The third kappa shape index (κ3) is 5.03. The number of nitrogens with one attached hydrogen (secondary N) is 1. The quantitative estimate of drug-likeness (QED) is 0.305. The molecule has 4 aromatic rings. The van der Waals surface area contributed by atoms with Crippen molar-refractivity contribution in [1.82, 2.24) is 0 Å². The second-order valence-corrected chi connectivity index (χ2v) is 9.95. The van der Waals surface area contributed by atoms with E-state index in [1.807, 2.05) is 30.3 Å². The van der Waals surface area contributed by atoms with Crippen molar-refractivity contribution in [3.05, 3.63) is 102 Å². The maximum Gasteiger partial charge on any atom is 0.256 e. The summed E-state index contributed by atoms with van der Waals surface area (Å²) in [6.07, 6.45) is 7.58. The van der Waals surface area contributed by atoms with Gasteiger partial charge in [0.05, 0.1) is 0 Å². The molecule has 178 valence electrons. The van der Waals surface area contributed by atoms with Gasteiger partial charge in [0.25, 0.3) is 5.91 Å². The normalized spacial score (nSPS) is 17.9. The molecular formula is C33H35NO. The summed E-state index contributed by atoms with van der Waals surface area (Å²) in [6, 6.07) is 29.6. The number of benzene rings is 4. The van der Waals surface area contributed by atoms with Gasteiger partial charge in [-0.3, -0.25) is 4.79 Å². The molecule has 0 bridgehead atoms. The monoisotopic (exact) mass is 461 g/mol. The van der Waals surface area contributed by atoms with Crippen LogP contribution in [-0.2, 0) is 6.42 Å². The topological polar surface area (TPSA) is 29.1 Å². The predicted molar refractivity (Wildman–Crippen MR) is 148 cm³/mol. The van der Waals surface area contributed by atoms with Gasteiger partial charge < -0.3 is 5.32 Å². The van der Waals surface area contributed by atoms with Crippen molar-refractivity contribution in [2.75, 3.05) is 5.32 Å². The number of para-hydroxylation sites is 1. The van der Waals surface area contributed by atoms with Gasteiger partial charge in [0, 0.05) is 11.3 Å². The Morgan fingerprint density at radius 3 is 2.29 bits per heavy atom. The van der Waals surface area contributed by atoms with E-state index in [0.29, 0.717) is 11.5 Å². The summed E-state index contributed by atoms with van der Waals surface area (Å²) >= 11 is 0. The van der Waals surface area contributed by atoms with Crippen LogP contribution in [-0.4, -0.2) is 5.91 Å². The van der Waals surface area contributed by atoms with Crippen LogP contribution in [0.25, 0.3) is 21.9 Å². The van der Waals surface area contributed by atoms with E-state index in [2.05, 4.69) is 73.8 Å². The van der Waals surface area contributed by atoms with E-state index in [-0.39, 0.29) is 5.91 Å². The number of hydrogen-bond donors (Lipinski definition) is 1. The summed E-state index contributed by atoms with van der Waals surface area (Å²) < 4.78 is 0. The van der Waals surface area contributed by atoms with Gasteiger partial charge in [-0.2, -0.15) is 0 Å². The van der Waals surface area contributed by atoms with Crippen LogP contribution in [0.2, 0.25) is 0 Å². The zero-order valence-electron chi connectivity index (χ0n) is 20.9. The molecule has 1 aliphatic carbocycles. The van der Waals surface area contributed by atoms with Crippen LogP contribution in [0.3, 0.4) is 0 Å². The second-order valence-electron chi connectivity index (χ2n) is 9.95. The summed E-state index contributed by atoms with van der Waals surface area (Å²) in [5, 5.41) is 5.18. The van der Waals surface area contributed by atoms with Crippen molar-refractivity contribution in [3.8, 4) is 11.1 Å². The Morgan fingerprint density at radius 2 is 1.54 bits per heavy atom. The van der Waals surface area contributed by atoms with Crippen molar-refractivity contribution >= 4 is 22.4 Å². The molecule has 0 spiro atoms. The molecule has 0 aliphatic heterocycles. The lowest BCUT2D eigenvalue weighted by Crippen LogP contribution is -2.13. The maximum absolute atomic E-state index is 13.2. The number of carbonyl (C=O) groups is 1. The molecule has 0 saturated heterocycles. The molecule has 5 rings (SSSR count). The highest BCUT2D eigenvalue weighted by Gasteiger charge is 2.21. The fraction of sp³-hybridized carbons (Fsp3) is 0.303. The Bertz CT molecular complexity index is 1310. The number of carbonyl (C=O) groups excluding carboxylic acids is 1. The van der Waals surface area contributed by atoms with Crippen molar-refractivity contribution in [3.63, 3.8) is 0 Å². The van der Waals surface area contributed by atoms with Crippen molar-refractivity contribution < 1.29 is 4.79 Å². The van der Waals surface area contributed by atoms with E-state index < -0.39 is 0 Å². The van der Waals surface area contributed by atoms with Gasteiger partial charge in [0.1, 0.15) is 0 Å². The standard InChI is InChI=1S/C33H35NO/c1-3-23-12-14-25(15-13-23)26-16-18-27(19-17-26)28-20-21-30-29(22-28)9-7-10-31(30)33(35)34-32-11-6-5-8-24(32)4-2/h5-11,16-23,25H,3-4,12-15H2,1-2H3,(H,34,35). The molecule has 0 atom stereocenters. The average molecular weight is 462 g/mol. The first-order valence-corrected chi connectivity index (χ1v) is 13.2. The summed E-state index contributed by atoms with van der Waals surface area (Å²) in [6.45, 7) is 4.43. The third-order valence-corrected chi connectivity index (χ3v) is 7.91. The molecule has 0 radical (unpaired) electrons. The van der Waals surface area contributed by atoms with Gasteiger partial charge in [0.15, 0.2) is 0 Å². The van der Waals surface area contributed by atoms with Gasteiger partial charge >= 0.3 is 0 Å². The Hall–Kier alpha value is -3.39. The van der Waals surface area contributed by atoms with E-state index in [9.17, 15) is 4.79 Å². The Labute approximate surface area is 209 Å². The van der Waals surface area contributed by atoms with Gasteiger partial charge in [-0.1, -0.05) is 87.0 Å². The summed E-state index contributed by atoms with van der Waals surface area (Å²) in [7, 11) is 0. The number of aryl methyl sites for hydroxylation is 1. The Morgan fingerprint density at radius 1 is 0.800 bits per heavy atom. The van der Waals surface area contributed by atoms with Gasteiger partial charge in [-0.05, 0) is 95.2 Å². The molecule has 0 heterocycles. The average Bonchev–Trinajstić information content (AvgIpc) is 2.93. The number of hydrogen-bond acceptors (Lipinski definition) is 1. The van der Waals surface area contributed by atoms with Crippen molar-refractivity contribution in [2.45, 2.75) is 58.3 Å². The van der Waals surface area contributed by atoms with Gasteiger partial charge in [-0.25, -0.2) is 0 Å². The maximum atomic E-state index is 13.2. The SMILES string of the molecule is CCc1ccccc1NC(=O)c1cccc2cc(-c3ccc(C4CCC(CC)CC4)cc3)ccc12. The smallest absolute Gasteiger partial charge is 0.256 e. The second kappa shape index (κ2) is 10.5. The molecule has 2 nitrogen and oxygen atoms in total. The van der Waals surface area contributed by atoms with E-state index >= 15 is 0 Å². The van der Waals surface area contributed by atoms with Crippen LogP contribution in [0.5, 0.6) is 0 Å². The highest BCUT2D eigenvalue weighted by atomic mass is 16.1. The van der Waals surface area contributed by atoms with E-state index in [1.165, 1.54) is 48.8 Å². The van der Waals surface area contributed by atoms with Crippen LogP contribution < -0.4 is 5.32 Å². The Balaban J connectivity index is 1.36. The molecule has 1 aliphatic rings. The zero-order chi connectivity index (χ0) is 24.2. The lowest BCUT2D eigenvalue weighted by Gasteiger charge is -2.28. The first-order chi connectivity index (χ1) is 17.2. The lowest BCUT2D eigenvalue weighted by molar-refractivity contribution is 0.102. The molecule has 35 heavy (non-hydrogen) atoms. The minimum atomic E-state index is -0.0635. The zero-order valence-corrected chi connectivity index (χ0v) is 20.9. The molecule has 2 heteroatoms. The summed E-state index contributed by atoms with van der Waals surface area (Å²) in [5.41, 5.74) is 6.63. The highest BCUT2D eigenvalue weighted by Crippen LogP contribution is 2.37. The number of fused-ring (bicyclic) bond motifs is 1. The largest absolute Gasteiger partial charge is 0.322 e. The van der Waals surface area contributed by atoms with Gasteiger partial charge in [0.2, 0.25) is 0 Å². The summed E-state index contributed by atoms with van der Waals surface area (Å²) in [5.74, 6) is 1.57. The number of anilines is 1. The molecule has 1 N–H and O–H groups in total.